The highest BCUT2D eigenvalue weighted by atomic mass is 32.1. The molecule has 30 heavy (non-hydrogen) atoms. The summed E-state index contributed by atoms with van der Waals surface area (Å²) >= 11 is 4.21. The van der Waals surface area contributed by atoms with E-state index in [0.717, 1.165) is 11.1 Å². The van der Waals surface area contributed by atoms with E-state index in [-0.39, 0.29) is 17.9 Å². The summed E-state index contributed by atoms with van der Waals surface area (Å²) < 4.78 is 5.01. The SMILES string of the molecule is COC(=O)[C@H](CC(C)C)N(NC[C@@H](N)CS)C(=O)c1ccccc1-c1ccccc1. The van der Waals surface area contributed by atoms with Gasteiger partial charge < -0.3 is 10.5 Å². The predicted octanol–water partition coefficient (Wildman–Crippen LogP) is 3.15. The number of amides is 1. The van der Waals surface area contributed by atoms with E-state index < -0.39 is 12.0 Å². The molecule has 162 valence electrons. The third-order valence-corrected chi connectivity index (χ3v) is 5.17. The summed E-state index contributed by atoms with van der Waals surface area (Å²) in [6.45, 7) is 4.29. The normalized spacial score (nSPS) is 13.0. The quantitative estimate of drug-likeness (QED) is 0.307. The third-order valence-electron chi connectivity index (χ3n) is 4.70. The van der Waals surface area contributed by atoms with Crippen molar-refractivity contribution in [1.82, 2.24) is 10.4 Å². The Morgan fingerprint density at radius 2 is 1.73 bits per heavy atom. The molecule has 0 aliphatic carbocycles. The average molecular weight is 430 g/mol. The summed E-state index contributed by atoms with van der Waals surface area (Å²) in [5.41, 5.74) is 11.3. The number of hydrogen-bond acceptors (Lipinski definition) is 6. The number of hydrazine groups is 1. The molecule has 0 spiro atoms. The van der Waals surface area contributed by atoms with E-state index in [2.05, 4.69) is 18.1 Å². The molecule has 2 atom stereocenters. The minimum Gasteiger partial charge on any atom is -0.467 e. The van der Waals surface area contributed by atoms with E-state index in [1.165, 1.54) is 12.1 Å². The van der Waals surface area contributed by atoms with Gasteiger partial charge in [0, 0.05) is 23.9 Å². The standard InChI is InChI=1S/C23H31N3O3S/c1-16(2)13-21(23(28)29-3)26(25-14-18(24)15-30)22(27)20-12-8-7-11-19(20)17-9-5-4-6-10-17/h4-12,16,18,21,25,30H,13-15,24H2,1-3H3/t18-,21+/m1/s1. The Bertz CT molecular complexity index is 829. The number of nitrogens with zero attached hydrogens (tertiary/aromatic N) is 1. The summed E-state index contributed by atoms with van der Waals surface area (Å²) in [5.74, 6) is -0.157. The van der Waals surface area contributed by atoms with Gasteiger partial charge in [0.2, 0.25) is 0 Å². The van der Waals surface area contributed by atoms with E-state index in [4.69, 9.17) is 10.5 Å². The van der Waals surface area contributed by atoms with Crippen LogP contribution >= 0.6 is 12.6 Å². The Labute approximate surface area is 184 Å². The summed E-state index contributed by atoms with van der Waals surface area (Å²) in [4.78, 5) is 26.3. The fourth-order valence-electron chi connectivity index (χ4n) is 3.16. The lowest BCUT2D eigenvalue weighted by Crippen LogP contribution is -2.56. The van der Waals surface area contributed by atoms with Gasteiger partial charge in [0.05, 0.1) is 7.11 Å². The van der Waals surface area contributed by atoms with Crippen LogP contribution in [0.5, 0.6) is 0 Å². The fraction of sp³-hybridized carbons (Fsp3) is 0.391. The predicted molar refractivity (Wildman–Crippen MR) is 123 cm³/mol. The molecule has 0 unspecified atom stereocenters. The minimum atomic E-state index is -0.779. The van der Waals surface area contributed by atoms with Gasteiger partial charge in [-0.1, -0.05) is 62.4 Å². The van der Waals surface area contributed by atoms with Crippen LogP contribution in [0, 0.1) is 5.92 Å². The summed E-state index contributed by atoms with van der Waals surface area (Å²) in [6, 6.07) is 16.0. The Balaban J connectivity index is 2.47. The number of nitrogens with one attached hydrogen (secondary N) is 1. The first-order chi connectivity index (χ1) is 14.4. The van der Waals surface area contributed by atoms with Crippen LogP contribution in [0.25, 0.3) is 11.1 Å². The number of carbonyl (C=O) groups is 2. The van der Waals surface area contributed by atoms with Crippen LogP contribution in [-0.2, 0) is 9.53 Å². The Kier molecular flexibility index (Phi) is 9.36. The summed E-state index contributed by atoms with van der Waals surface area (Å²) in [7, 11) is 1.33. The molecule has 0 saturated carbocycles. The third kappa shape index (κ3) is 6.32. The molecule has 3 N–H and O–H groups in total. The second-order valence-electron chi connectivity index (χ2n) is 7.56. The molecule has 7 heteroatoms. The van der Waals surface area contributed by atoms with Crippen molar-refractivity contribution in [1.29, 1.82) is 0 Å². The van der Waals surface area contributed by atoms with Crippen LogP contribution in [-0.4, -0.2) is 48.4 Å². The molecular formula is C23H31N3O3S. The molecule has 1 amide bonds. The summed E-state index contributed by atoms with van der Waals surface area (Å²) in [6.07, 6.45) is 0.453. The van der Waals surface area contributed by atoms with E-state index in [1.54, 1.807) is 6.07 Å². The van der Waals surface area contributed by atoms with Crippen LogP contribution in [0.4, 0.5) is 0 Å². The van der Waals surface area contributed by atoms with Gasteiger partial charge in [-0.05, 0) is 29.5 Å². The zero-order valence-electron chi connectivity index (χ0n) is 17.7. The van der Waals surface area contributed by atoms with E-state index in [9.17, 15) is 9.59 Å². The summed E-state index contributed by atoms with van der Waals surface area (Å²) in [5, 5.41) is 1.37. The number of benzene rings is 2. The first-order valence-corrected chi connectivity index (χ1v) is 10.7. The second kappa shape index (κ2) is 11.7. The van der Waals surface area contributed by atoms with Crippen LogP contribution in [0.1, 0.15) is 30.6 Å². The maximum atomic E-state index is 13.7. The molecule has 6 nitrogen and oxygen atoms in total. The number of hydrogen-bond donors (Lipinski definition) is 3. The number of ether oxygens (including phenoxy) is 1. The largest absolute Gasteiger partial charge is 0.467 e. The van der Waals surface area contributed by atoms with E-state index in [1.807, 2.05) is 62.4 Å². The van der Waals surface area contributed by atoms with Gasteiger partial charge >= 0.3 is 5.97 Å². The zero-order chi connectivity index (χ0) is 22.1. The molecule has 0 bridgehead atoms. The van der Waals surface area contributed by atoms with Crippen molar-refractivity contribution in [3.05, 3.63) is 60.2 Å². The lowest BCUT2D eigenvalue weighted by atomic mass is 9.97. The minimum absolute atomic E-state index is 0.175. The molecule has 0 saturated heterocycles. The fourth-order valence-corrected chi connectivity index (χ4v) is 3.29. The van der Waals surface area contributed by atoms with Gasteiger partial charge in [-0.2, -0.15) is 12.6 Å². The van der Waals surface area contributed by atoms with Crippen LogP contribution in [0.15, 0.2) is 54.6 Å². The smallest absolute Gasteiger partial charge is 0.330 e. The Hall–Kier alpha value is -2.35. The molecule has 2 rings (SSSR count). The monoisotopic (exact) mass is 429 g/mol. The van der Waals surface area contributed by atoms with Crippen LogP contribution in [0.2, 0.25) is 0 Å². The van der Waals surface area contributed by atoms with Gasteiger partial charge in [0.15, 0.2) is 0 Å². The topological polar surface area (TPSA) is 84.7 Å². The average Bonchev–Trinajstić information content (AvgIpc) is 2.77. The zero-order valence-corrected chi connectivity index (χ0v) is 18.6. The maximum Gasteiger partial charge on any atom is 0.330 e. The molecule has 2 aromatic rings. The van der Waals surface area contributed by atoms with E-state index in [0.29, 0.717) is 24.3 Å². The first-order valence-electron chi connectivity index (χ1n) is 10.0. The van der Waals surface area contributed by atoms with Crippen LogP contribution < -0.4 is 11.2 Å². The lowest BCUT2D eigenvalue weighted by molar-refractivity contribution is -0.147. The molecule has 0 aromatic heterocycles. The van der Waals surface area contributed by atoms with Gasteiger partial charge in [-0.25, -0.2) is 10.2 Å². The van der Waals surface area contributed by atoms with E-state index >= 15 is 0 Å². The molecule has 2 aromatic carbocycles. The molecule has 0 radical (unpaired) electrons. The highest BCUT2D eigenvalue weighted by molar-refractivity contribution is 7.80. The number of thiol groups is 1. The van der Waals surface area contributed by atoms with Crippen molar-refractivity contribution in [2.45, 2.75) is 32.4 Å². The molecule has 0 aliphatic rings. The van der Waals surface area contributed by atoms with Crippen molar-refractivity contribution in [3.63, 3.8) is 0 Å². The molecule has 0 heterocycles. The number of esters is 1. The molecule has 0 aliphatic heterocycles. The van der Waals surface area contributed by atoms with Gasteiger partial charge in [-0.3, -0.25) is 9.80 Å². The number of rotatable bonds is 10. The van der Waals surface area contributed by atoms with Gasteiger partial charge in [0.1, 0.15) is 6.04 Å². The first kappa shape index (κ1) is 23.9. The Morgan fingerprint density at radius 1 is 1.10 bits per heavy atom. The molecule has 0 fully saturated rings. The second-order valence-corrected chi connectivity index (χ2v) is 7.93. The highest BCUT2D eigenvalue weighted by Crippen LogP contribution is 2.25. The van der Waals surface area contributed by atoms with Crippen molar-refractivity contribution in [3.8, 4) is 11.1 Å². The maximum absolute atomic E-state index is 13.7. The van der Waals surface area contributed by atoms with Crippen molar-refractivity contribution >= 4 is 24.5 Å². The van der Waals surface area contributed by atoms with Gasteiger partial charge in [0.25, 0.3) is 5.91 Å². The molecular weight excluding hydrogens is 398 g/mol. The van der Waals surface area contributed by atoms with Crippen molar-refractivity contribution in [2.24, 2.45) is 11.7 Å². The van der Waals surface area contributed by atoms with Crippen LogP contribution in [0.3, 0.4) is 0 Å². The number of nitrogens with two attached hydrogens (primary N) is 1. The van der Waals surface area contributed by atoms with Gasteiger partial charge in [-0.15, -0.1) is 0 Å². The van der Waals surface area contributed by atoms with Crippen molar-refractivity contribution in [2.75, 3.05) is 19.4 Å². The number of carbonyl (C=O) groups excluding carboxylic acids is 2. The highest BCUT2D eigenvalue weighted by Gasteiger charge is 2.33. The Morgan fingerprint density at radius 3 is 2.33 bits per heavy atom. The number of methoxy groups -OCH3 is 1. The van der Waals surface area contributed by atoms with Crippen molar-refractivity contribution < 1.29 is 14.3 Å². The lowest BCUT2D eigenvalue weighted by Gasteiger charge is -2.32.